The summed E-state index contributed by atoms with van der Waals surface area (Å²) in [6.45, 7) is 2.00. The molecule has 1 heterocycles. The zero-order valence-corrected chi connectivity index (χ0v) is 15.9. The zero-order valence-electron chi connectivity index (χ0n) is 14.3. The summed E-state index contributed by atoms with van der Waals surface area (Å²) in [5.74, 6) is 0.419. The first kappa shape index (κ1) is 17.5. The summed E-state index contributed by atoms with van der Waals surface area (Å²) in [5.41, 5.74) is 2.34. The number of rotatable bonds is 3. The maximum absolute atomic E-state index is 12.8. The molecule has 0 radical (unpaired) electrons. The molecule has 25 heavy (non-hydrogen) atoms. The molecule has 0 saturated heterocycles. The van der Waals surface area contributed by atoms with Crippen LogP contribution in [0.2, 0.25) is 5.02 Å². The highest BCUT2D eigenvalue weighted by molar-refractivity contribution is 7.17. The maximum atomic E-state index is 12.8. The molecule has 0 bridgehead atoms. The van der Waals surface area contributed by atoms with Crippen LogP contribution in [0, 0.1) is 6.92 Å². The van der Waals surface area contributed by atoms with Crippen LogP contribution in [0.1, 0.15) is 15.9 Å². The molecular weight excluding hydrogens is 360 g/mol. The lowest BCUT2D eigenvalue weighted by Crippen LogP contribution is -2.14. The van der Waals surface area contributed by atoms with E-state index in [9.17, 15) is 4.79 Å². The smallest absolute Gasteiger partial charge is 0.287 e. The summed E-state index contributed by atoms with van der Waals surface area (Å²) in [5, 5.41) is 0.643. The van der Waals surface area contributed by atoms with Gasteiger partial charge in [0.2, 0.25) is 0 Å². The van der Waals surface area contributed by atoms with Crippen molar-refractivity contribution in [2.45, 2.75) is 6.92 Å². The highest BCUT2D eigenvalue weighted by Gasteiger charge is 2.18. The minimum absolute atomic E-state index is 0.299. The van der Waals surface area contributed by atoms with Crippen molar-refractivity contribution in [1.29, 1.82) is 0 Å². The van der Waals surface area contributed by atoms with Crippen LogP contribution in [0.3, 0.4) is 0 Å². The molecule has 0 atom stereocenters. The number of ether oxygens (including phenoxy) is 2. The average molecular weight is 377 g/mol. The van der Waals surface area contributed by atoms with E-state index in [1.54, 1.807) is 18.2 Å². The molecule has 0 aliphatic rings. The second-order valence-electron chi connectivity index (χ2n) is 5.44. The Morgan fingerprint density at radius 3 is 2.36 bits per heavy atom. The van der Waals surface area contributed by atoms with Crippen molar-refractivity contribution < 1.29 is 14.3 Å². The van der Waals surface area contributed by atoms with Crippen molar-refractivity contribution in [3.63, 3.8) is 0 Å². The van der Waals surface area contributed by atoms with Gasteiger partial charge < -0.3 is 14.0 Å². The normalized spacial score (nSPS) is 11.8. The van der Waals surface area contributed by atoms with Gasteiger partial charge in [-0.05, 0) is 30.7 Å². The number of aryl methyl sites for hydroxylation is 2. The largest absolute Gasteiger partial charge is 0.496 e. The van der Waals surface area contributed by atoms with Crippen molar-refractivity contribution in [2.24, 2.45) is 12.0 Å². The number of carbonyl (C=O) groups is 1. The Bertz CT molecular complexity index is 1010. The Morgan fingerprint density at radius 1 is 1.16 bits per heavy atom. The summed E-state index contributed by atoms with van der Waals surface area (Å²) in [4.78, 5) is 17.7. The van der Waals surface area contributed by atoms with E-state index < -0.39 is 5.91 Å². The molecular formula is C18H17ClN2O3S. The Morgan fingerprint density at radius 2 is 1.80 bits per heavy atom. The summed E-state index contributed by atoms with van der Waals surface area (Å²) in [6.07, 6.45) is 0. The molecule has 5 nitrogen and oxygen atoms in total. The molecule has 3 aromatic rings. The quantitative estimate of drug-likeness (QED) is 0.695. The first-order valence-corrected chi connectivity index (χ1v) is 8.72. The molecule has 0 unspecified atom stereocenters. The van der Waals surface area contributed by atoms with Gasteiger partial charge in [-0.1, -0.05) is 35.1 Å². The predicted octanol–water partition coefficient (Wildman–Crippen LogP) is 3.96. The van der Waals surface area contributed by atoms with Crippen molar-refractivity contribution >= 4 is 39.1 Å². The van der Waals surface area contributed by atoms with Gasteiger partial charge in [0.05, 0.1) is 29.5 Å². The molecule has 0 saturated carbocycles. The molecule has 0 spiro atoms. The number of fused-ring (bicyclic) bond motifs is 1. The van der Waals surface area contributed by atoms with E-state index in [1.165, 1.54) is 25.6 Å². The van der Waals surface area contributed by atoms with Gasteiger partial charge in [0, 0.05) is 7.05 Å². The number of carbonyl (C=O) groups excluding carboxylic acids is 1. The number of thiazole rings is 1. The van der Waals surface area contributed by atoms with Gasteiger partial charge in [0.15, 0.2) is 4.80 Å². The van der Waals surface area contributed by atoms with E-state index in [2.05, 4.69) is 4.99 Å². The number of methoxy groups -OCH3 is 2. The highest BCUT2D eigenvalue weighted by Crippen LogP contribution is 2.30. The minimum atomic E-state index is -0.426. The number of nitrogens with zero attached hydrogens (tertiary/aromatic N) is 2. The average Bonchev–Trinajstić information content (AvgIpc) is 2.95. The van der Waals surface area contributed by atoms with Gasteiger partial charge in [0.25, 0.3) is 5.91 Å². The van der Waals surface area contributed by atoms with Crippen molar-refractivity contribution in [1.82, 2.24) is 4.57 Å². The molecule has 7 heteroatoms. The van der Waals surface area contributed by atoms with E-state index in [0.29, 0.717) is 26.9 Å². The molecule has 2 aromatic carbocycles. The van der Waals surface area contributed by atoms with Crippen LogP contribution in [-0.2, 0) is 7.05 Å². The fourth-order valence-electron chi connectivity index (χ4n) is 2.72. The van der Waals surface area contributed by atoms with Crippen molar-refractivity contribution in [2.75, 3.05) is 14.2 Å². The summed E-state index contributed by atoms with van der Waals surface area (Å²) in [6, 6.07) is 8.97. The number of amides is 1. The lowest BCUT2D eigenvalue weighted by Gasteiger charge is -2.09. The van der Waals surface area contributed by atoms with Crippen LogP contribution in [0.15, 0.2) is 35.3 Å². The molecule has 0 N–H and O–H groups in total. The third-order valence-corrected chi connectivity index (χ3v) is 5.53. The van der Waals surface area contributed by atoms with Crippen molar-refractivity contribution in [3.05, 3.63) is 51.3 Å². The van der Waals surface area contributed by atoms with Crippen LogP contribution < -0.4 is 14.3 Å². The van der Waals surface area contributed by atoms with Gasteiger partial charge in [-0.25, -0.2) is 0 Å². The fraction of sp³-hybridized carbons (Fsp3) is 0.222. The van der Waals surface area contributed by atoms with Gasteiger partial charge in [-0.3, -0.25) is 4.79 Å². The van der Waals surface area contributed by atoms with E-state index >= 15 is 0 Å². The molecule has 1 aromatic heterocycles. The number of aromatic nitrogens is 1. The topological polar surface area (TPSA) is 52.8 Å². The zero-order chi connectivity index (χ0) is 18.1. The maximum Gasteiger partial charge on any atom is 0.287 e. The van der Waals surface area contributed by atoms with E-state index in [1.807, 2.05) is 30.7 Å². The lowest BCUT2D eigenvalue weighted by atomic mass is 10.1. The summed E-state index contributed by atoms with van der Waals surface area (Å²) in [7, 11) is 4.88. The Hall–Kier alpha value is -2.31. The van der Waals surface area contributed by atoms with Crippen LogP contribution in [0.25, 0.3) is 10.2 Å². The molecule has 130 valence electrons. The Kier molecular flexibility index (Phi) is 4.83. The second kappa shape index (κ2) is 6.90. The number of hydrogen-bond acceptors (Lipinski definition) is 4. The molecule has 1 amide bonds. The molecule has 3 rings (SSSR count). The van der Waals surface area contributed by atoms with Gasteiger partial charge in [-0.15, -0.1) is 0 Å². The number of halogens is 1. The first-order chi connectivity index (χ1) is 12.0. The molecule has 0 aliphatic heterocycles. The highest BCUT2D eigenvalue weighted by atomic mass is 35.5. The third kappa shape index (κ3) is 3.03. The fourth-order valence-corrected chi connectivity index (χ4v) is 4.08. The summed E-state index contributed by atoms with van der Waals surface area (Å²) >= 11 is 7.67. The molecule has 0 fully saturated rings. The van der Waals surface area contributed by atoms with Crippen LogP contribution in [0.5, 0.6) is 11.5 Å². The SMILES string of the molecule is COc1cccc(OC)c1C(=O)N=c1sc2c(Cl)ccc(C)c2n1C. The van der Waals surface area contributed by atoms with E-state index in [-0.39, 0.29) is 0 Å². The van der Waals surface area contributed by atoms with Crippen LogP contribution in [0.4, 0.5) is 0 Å². The van der Waals surface area contributed by atoms with Gasteiger partial charge in [-0.2, -0.15) is 4.99 Å². The van der Waals surface area contributed by atoms with E-state index in [4.69, 9.17) is 21.1 Å². The van der Waals surface area contributed by atoms with Crippen LogP contribution >= 0.6 is 22.9 Å². The number of hydrogen-bond donors (Lipinski definition) is 0. The minimum Gasteiger partial charge on any atom is -0.496 e. The lowest BCUT2D eigenvalue weighted by molar-refractivity contribution is 0.0992. The Balaban J connectivity index is 2.22. The summed E-state index contributed by atoms with van der Waals surface area (Å²) < 4.78 is 13.4. The second-order valence-corrected chi connectivity index (χ2v) is 6.82. The Labute approximate surface area is 154 Å². The van der Waals surface area contributed by atoms with Crippen molar-refractivity contribution in [3.8, 4) is 11.5 Å². The monoisotopic (exact) mass is 376 g/mol. The van der Waals surface area contributed by atoms with Crippen LogP contribution in [-0.4, -0.2) is 24.7 Å². The first-order valence-electron chi connectivity index (χ1n) is 7.52. The standard InChI is InChI=1S/C18H17ClN2O3S/c1-10-8-9-11(19)16-15(10)21(2)18(25-16)20-17(22)14-12(23-3)6-5-7-13(14)24-4/h5-9H,1-4H3. The van der Waals surface area contributed by atoms with E-state index in [0.717, 1.165) is 15.8 Å². The van der Waals surface area contributed by atoms with Gasteiger partial charge >= 0.3 is 0 Å². The predicted molar refractivity (Wildman–Crippen MR) is 100.0 cm³/mol. The van der Waals surface area contributed by atoms with Gasteiger partial charge in [0.1, 0.15) is 17.1 Å². The third-order valence-electron chi connectivity index (χ3n) is 3.94. The molecule has 0 aliphatic carbocycles. The number of benzene rings is 2.